The predicted molar refractivity (Wildman–Crippen MR) is 82.5 cm³/mol. The van der Waals surface area contributed by atoms with E-state index in [9.17, 15) is 4.79 Å². The zero-order valence-electron chi connectivity index (χ0n) is 13.2. The second-order valence-electron chi connectivity index (χ2n) is 6.57. The van der Waals surface area contributed by atoms with E-state index in [0.717, 1.165) is 24.8 Å². The van der Waals surface area contributed by atoms with E-state index in [0.29, 0.717) is 5.82 Å². The van der Waals surface area contributed by atoms with Gasteiger partial charge in [0.25, 0.3) is 0 Å². The number of aromatic nitrogens is 2. The highest BCUT2D eigenvalue weighted by molar-refractivity contribution is 5.83. The number of ether oxygens (including phenoxy) is 1. The van der Waals surface area contributed by atoms with Gasteiger partial charge in [-0.3, -0.25) is 5.32 Å². The van der Waals surface area contributed by atoms with Crippen LogP contribution in [0.4, 0.5) is 16.4 Å². The van der Waals surface area contributed by atoms with Gasteiger partial charge in [-0.05, 0) is 51.7 Å². The molecule has 0 aromatic carbocycles. The summed E-state index contributed by atoms with van der Waals surface area (Å²) in [5, 5.41) is 10.8. The van der Waals surface area contributed by atoms with Gasteiger partial charge in [-0.2, -0.15) is 0 Å². The molecule has 2 rings (SSSR count). The van der Waals surface area contributed by atoms with Gasteiger partial charge in [-0.25, -0.2) is 4.79 Å². The van der Waals surface area contributed by atoms with Crippen molar-refractivity contribution >= 4 is 17.7 Å². The summed E-state index contributed by atoms with van der Waals surface area (Å²) in [5.74, 6) is 2.04. The summed E-state index contributed by atoms with van der Waals surface area (Å²) in [7, 11) is 0. The smallest absolute Gasteiger partial charge is 0.413 e. The number of piperidine rings is 1. The van der Waals surface area contributed by atoms with E-state index in [1.54, 1.807) is 6.07 Å². The maximum absolute atomic E-state index is 11.6. The minimum absolute atomic E-state index is 0.401. The molecule has 2 heterocycles. The number of nitrogens with zero attached hydrogens (tertiary/aromatic N) is 3. The molecule has 0 unspecified atom stereocenters. The molecule has 21 heavy (non-hydrogen) atoms. The van der Waals surface area contributed by atoms with Crippen molar-refractivity contribution in [3.8, 4) is 0 Å². The highest BCUT2D eigenvalue weighted by Crippen LogP contribution is 2.21. The first-order valence-corrected chi connectivity index (χ1v) is 7.42. The number of hydrogen-bond acceptors (Lipinski definition) is 5. The van der Waals surface area contributed by atoms with Gasteiger partial charge in [0.1, 0.15) is 5.60 Å². The van der Waals surface area contributed by atoms with Crippen molar-refractivity contribution in [2.45, 2.75) is 46.1 Å². The van der Waals surface area contributed by atoms with Crippen molar-refractivity contribution in [3.63, 3.8) is 0 Å². The highest BCUT2D eigenvalue weighted by atomic mass is 16.6. The van der Waals surface area contributed by atoms with Gasteiger partial charge in [0.15, 0.2) is 11.6 Å². The molecule has 6 heteroatoms. The van der Waals surface area contributed by atoms with Crippen LogP contribution < -0.4 is 10.2 Å². The Morgan fingerprint density at radius 2 is 1.95 bits per heavy atom. The minimum Gasteiger partial charge on any atom is -0.444 e. The van der Waals surface area contributed by atoms with E-state index in [2.05, 4.69) is 27.3 Å². The number of hydrogen-bond donors (Lipinski definition) is 1. The zero-order chi connectivity index (χ0) is 15.5. The molecule has 0 atom stereocenters. The Kier molecular flexibility index (Phi) is 4.65. The van der Waals surface area contributed by atoms with Crippen molar-refractivity contribution in [1.82, 2.24) is 10.2 Å². The summed E-state index contributed by atoms with van der Waals surface area (Å²) < 4.78 is 5.17. The molecule has 1 aromatic rings. The number of amides is 1. The third-order valence-electron chi connectivity index (χ3n) is 3.39. The predicted octanol–water partition coefficient (Wildman–Crippen LogP) is 3.06. The fourth-order valence-electron chi connectivity index (χ4n) is 2.21. The van der Waals surface area contributed by atoms with Crippen LogP contribution in [0.25, 0.3) is 0 Å². The quantitative estimate of drug-likeness (QED) is 0.907. The highest BCUT2D eigenvalue weighted by Gasteiger charge is 2.18. The van der Waals surface area contributed by atoms with Gasteiger partial charge in [0, 0.05) is 13.1 Å². The van der Waals surface area contributed by atoms with Crippen LogP contribution in [0.1, 0.15) is 40.5 Å². The van der Waals surface area contributed by atoms with Crippen LogP contribution in [-0.4, -0.2) is 35.0 Å². The molecule has 1 N–H and O–H groups in total. The van der Waals surface area contributed by atoms with Gasteiger partial charge < -0.3 is 9.64 Å². The van der Waals surface area contributed by atoms with Crippen molar-refractivity contribution in [3.05, 3.63) is 12.1 Å². The fourth-order valence-corrected chi connectivity index (χ4v) is 2.21. The van der Waals surface area contributed by atoms with Crippen LogP contribution in [0.5, 0.6) is 0 Å². The maximum atomic E-state index is 11.6. The Balaban J connectivity index is 1.91. The summed E-state index contributed by atoms with van der Waals surface area (Å²) in [6.45, 7) is 9.75. The monoisotopic (exact) mass is 292 g/mol. The van der Waals surface area contributed by atoms with Crippen LogP contribution in [0.2, 0.25) is 0 Å². The minimum atomic E-state index is -0.526. The molecule has 1 amide bonds. The van der Waals surface area contributed by atoms with Crippen molar-refractivity contribution < 1.29 is 9.53 Å². The van der Waals surface area contributed by atoms with Crippen LogP contribution in [0, 0.1) is 5.92 Å². The molecular weight excluding hydrogens is 268 g/mol. The fraction of sp³-hybridized carbons (Fsp3) is 0.667. The molecule has 1 aliphatic heterocycles. The van der Waals surface area contributed by atoms with Crippen molar-refractivity contribution in [2.75, 3.05) is 23.3 Å². The van der Waals surface area contributed by atoms with Crippen LogP contribution in [-0.2, 0) is 4.74 Å². The summed E-state index contributed by atoms with van der Waals surface area (Å²) in [6.07, 6.45) is 1.84. The average Bonchev–Trinajstić information content (AvgIpc) is 2.38. The van der Waals surface area contributed by atoms with Gasteiger partial charge in [0.2, 0.25) is 0 Å². The summed E-state index contributed by atoms with van der Waals surface area (Å²) in [5.41, 5.74) is -0.526. The Hall–Kier alpha value is -1.85. The summed E-state index contributed by atoms with van der Waals surface area (Å²) >= 11 is 0. The Morgan fingerprint density at radius 1 is 1.29 bits per heavy atom. The van der Waals surface area contributed by atoms with Crippen molar-refractivity contribution in [2.24, 2.45) is 5.92 Å². The van der Waals surface area contributed by atoms with Crippen molar-refractivity contribution in [1.29, 1.82) is 0 Å². The summed E-state index contributed by atoms with van der Waals surface area (Å²) in [6, 6.07) is 3.64. The van der Waals surface area contributed by atoms with E-state index in [-0.39, 0.29) is 0 Å². The topological polar surface area (TPSA) is 67.4 Å². The van der Waals surface area contributed by atoms with Gasteiger partial charge in [-0.1, -0.05) is 6.92 Å². The number of carbonyl (C=O) groups is 1. The van der Waals surface area contributed by atoms with Gasteiger partial charge in [-0.15, -0.1) is 10.2 Å². The lowest BCUT2D eigenvalue weighted by Gasteiger charge is -2.30. The molecule has 0 saturated carbocycles. The van der Waals surface area contributed by atoms with E-state index in [1.807, 2.05) is 26.8 Å². The normalized spacial score (nSPS) is 16.7. The number of carbonyl (C=O) groups excluding carboxylic acids is 1. The second kappa shape index (κ2) is 6.28. The molecular formula is C15H24N4O2. The first-order valence-electron chi connectivity index (χ1n) is 7.42. The Morgan fingerprint density at radius 3 is 2.48 bits per heavy atom. The lowest BCUT2D eigenvalue weighted by molar-refractivity contribution is 0.0635. The SMILES string of the molecule is CC1CCN(c2ccc(NC(=O)OC(C)(C)C)nn2)CC1. The average molecular weight is 292 g/mol. The third-order valence-corrected chi connectivity index (χ3v) is 3.39. The summed E-state index contributed by atoms with van der Waals surface area (Å²) in [4.78, 5) is 13.9. The maximum Gasteiger partial charge on any atom is 0.413 e. The van der Waals surface area contributed by atoms with E-state index in [4.69, 9.17) is 4.74 Å². The lowest BCUT2D eigenvalue weighted by Crippen LogP contribution is -2.33. The third kappa shape index (κ3) is 4.88. The van der Waals surface area contributed by atoms with E-state index < -0.39 is 11.7 Å². The standard InChI is InChI=1S/C15H24N4O2/c1-11-7-9-19(10-8-11)13-6-5-12(17-18-13)16-14(20)21-15(2,3)4/h5-6,11H,7-10H2,1-4H3,(H,16,17,20). The number of anilines is 2. The second-order valence-corrected chi connectivity index (χ2v) is 6.57. The molecule has 1 aliphatic rings. The first-order chi connectivity index (χ1) is 9.83. The molecule has 116 valence electrons. The molecule has 0 radical (unpaired) electrons. The zero-order valence-corrected chi connectivity index (χ0v) is 13.2. The largest absolute Gasteiger partial charge is 0.444 e. The molecule has 0 spiro atoms. The first kappa shape index (κ1) is 15.5. The van der Waals surface area contributed by atoms with Crippen LogP contribution >= 0.6 is 0 Å². The molecule has 6 nitrogen and oxygen atoms in total. The van der Waals surface area contributed by atoms with E-state index >= 15 is 0 Å². The molecule has 0 bridgehead atoms. The molecule has 1 fully saturated rings. The van der Waals surface area contributed by atoms with Crippen LogP contribution in [0.15, 0.2) is 12.1 Å². The van der Waals surface area contributed by atoms with Gasteiger partial charge in [0.05, 0.1) is 0 Å². The molecule has 1 aromatic heterocycles. The van der Waals surface area contributed by atoms with Gasteiger partial charge >= 0.3 is 6.09 Å². The number of rotatable bonds is 2. The molecule has 1 saturated heterocycles. The molecule has 0 aliphatic carbocycles. The Labute approximate surface area is 125 Å². The van der Waals surface area contributed by atoms with Crippen LogP contribution in [0.3, 0.4) is 0 Å². The lowest BCUT2D eigenvalue weighted by atomic mass is 9.99. The Bertz CT molecular complexity index is 473. The van der Waals surface area contributed by atoms with E-state index in [1.165, 1.54) is 12.8 Å². The number of nitrogens with one attached hydrogen (secondary N) is 1.